The number of hydrogen-bond acceptors (Lipinski definition) is 5. The van der Waals surface area contributed by atoms with Gasteiger partial charge in [0.2, 0.25) is 0 Å². The van der Waals surface area contributed by atoms with Gasteiger partial charge < -0.3 is 14.2 Å². The number of unbranched alkanes of at least 4 members (excludes halogenated alkanes) is 20. The predicted molar refractivity (Wildman–Crippen MR) is 233 cm³/mol. The molecule has 0 saturated carbocycles. The summed E-state index contributed by atoms with van der Waals surface area (Å²) in [5, 5.41) is 0. The standard InChI is InChI=1S/C49H86O5/c1-4-7-10-13-16-19-21-23-24-25-26-28-29-31-33-36-39-42-48(50)53-46-47(45-52-44-41-38-35-18-15-12-9-6-3)54-49(51)43-40-37-34-32-30-27-22-20-17-14-11-8-5-2/h7,10-11,14,16,19-20,22-24,47H,4-6,8-9,12-13,15,17-18,21,25-46H2,1-3H3/b10-7-,14-11-,19-16-,22-20-,24-23-. The Kier molecular flexibility index (Phi) is 43.0. The molecule has 0 aromatic rings. The number of carbonyl (C=O) groups excluding carboxylic acids is 2. The molecule has 0 aliphatic carbocycles. The summed E-state index contributed by atoms with van der Waals surface area (Å²) in [6, 6.07) is 0. The zero-order valence-electron chi connectivity index (χ0n) is 35.7. The monoisotopic (exact) mass is 755 g/mol. The quantitative estimate of drug-likeness (QED) is 0.0353. The van der Waals surface area contributed by atoms with Gasteiger partial charge in [-0.05, 0) is 77.0 Å². The minimum atomic E-state index is -0.543. The summed E-state index contributed by atoms with van der Waals surface area (Å²) in [5.74, 6) is -0.425. The molecule has 0 rings (SSSR count). The maximum absolute atomic E-state index is 12.7. The number of hydrogen-bond donors (Lipinski definition) is 0. The fraction of sp³-hybridized carbons (Fsp3) is 0.755. The highest BCUT2D eigenvalue weighted by Crippen LogP contribution is 2.13. The van der Waals surface area contributed by atoms with Crippen LogP contribution in [-0.4, -0.2) is 37.9 Å². The smallest absolute Gasteiger partial charge is 0.306 e. The Balaban J connectivity index is 4.21. The van der Waals surface area contributed by atoms with Gasteiger partial charge in [0, 0.05) is 19.4 Å². The average Bonchev–Trinajstić information content (AvgIpc) is 3.17. The molecule has 312 valence electrons. The van der Waals surface area contributed by atoms with E-state index in [-0.39, 0.29) is 25.2 Å². The van der Waals surface area contributed by atoms with E-state index >= 15 is 0 Å². The minimum absolute atomic E-state index is 0.0744. The molecule has 0 heterocycles. The number of carbonyl (C=O) groups is 2. The highest BCUT2D eigenvalue weighted by Gasteiger charge is 2.17. The topological polar surface area (TPSA) is 61.8 Å². The van der Waals surface area contributed by atoms with Crippen molar-refractivity contribution in [1.82, 2.24) is 0 Å². The van der Waals surface area contributed by atoms with Crippen LogP contribution in [0.3, 0.4) is 0 Å². The normalized spacial score (nSPS) is 12.7. The molecule has 1 unspecified atom stereocenters. The summed E-state index contributed by atoms with van der Waals surface area (Å²) >= 11 is 0. The summed E-state index contributed by atoms with van der Waals surface area (Å²) in [4.78, 5) is 25.2. The van der Waals surface area contributed by atoms with Crippen molar-refractivity contribution in [3.8, 4) is 0 Å². The molecule has 0 spiro atoms. The van der Waals surface area contributed by atoms with E-state index in [1.807, 2.05) is 0 Å². The molecule has 0 fully saturated rings. The molecule has 0 aromatic carbocycles. The summed E-state index contributed by atoms with van der Waals surface area (Å²) in [6.45, 7) is 7.61. The Hall–Kier alpha value is -2.40. The third-order valence-electron chi connectivity index (χ3n) is 9.52. The van der Waals surface area contributed by atoms with Gasteiger partial charge in [-0.3, -0.25) is 9.59 Å². The first-order chi connectivity index (χ1) is 26.6. The van der Waals surface area contributed by atoms with Gasteiger partial charge in [0.25, 0.3) is 0 Å². The number of ether oxygens (including phenoxy) is 3. The van der Waals surface area contributed by atoms with Crippen LogP contribution >= 0.6 is 0 Å². The molecular formula is C49H86O5. The predicted octanol–water partition coefficient (Wildman–Crippen LogP) is 15.0. The zero-order chi connectivity index (χ0) is 39.3. The summed E-state index contributed by atoms with van der Waals surface area (Å²) in [5.41, 5.74) is 0. The van der Waals surface area contributed by atoms with Crippen LogP contribution in [0.25, 0.3) is 0 Å². The SMILES string of the molecule is CC/C=C\C/C=C\C/C=C\CCCCCCCCCC(=O)OCC(COCCCCCCCCCC)OC(=O)CCCCCCC/C=C\C/C=C\CCC. The number of allylic oxidation sites excluding steroid dienone is 10. The summed E-state index contributed by atoms with van der Waals surface area (Å²) < 4.78 is 17.3. The Morgan fingerprint density at radius 2 is 0.870 bits per heavy atom. The second-order valence-corrected chi connectivity index (χ2v) is 14.9. The first-order valence-electron chi connectivity index (χ1n) is 22.8. The van der Waals surface area contributed by atoms with Crippen molar-refractivity contribution in [3.63, 3.8) is 0 Å². The third kappa shape index (κ3) is 42.3. The Labute approximate surface area is 334 Å². The van der Waals surface area contributed by atoms with Gasteiger partial charge in [0.05, 0.1) is 6.61 Å². The maximum atomic E-state index is 12.7. The molecule has 0 bridgehead atoms. The molecule has 0 aromatic heterocycles. The Bertz CT molecular complexity index is 946. The van der Waals surface area contributed by atoms with E-state index in [0.29, 0.717) is 19.4 Å². The molecule has 0 saturated heterocycles. The largest absolute Gasteiger partial charge is 0.462 e. The van der Waals surface area contributed by atoms with Crippen molar-refractivity contribution in [3.05, 3.63) is 60.8 Å². The molecule has 0 aliphatic rings. The van der Waals surface area contributed by atoms with Gasteiger partial charge in [-0.1, -0.05) is 184 Å². The molecular weight excluding hydrogens is 669 g/mol. The van der Waals surface area contributed by atoms with E-state index < -0.39 is 6.10 Å². The van der Waals surface area contributed by atoms with Gasteiger partial charge in [0.1, 0.15) is 6.61 Å². The first kappa shape index (κ1) is 51.6. The van der Waals surface area contributed by atoms with Gasteiger partial charge in [-0.15, -0.1) is 0 Å². The van der Waals surface area contributed by atoms with E-state index in [4.69, 9.17) is 14.2 Å². The van der Waals surface area contributed by atoms with E-state index in [1.54, 1.807) is 0 Å². The van der Waals surface area contributed by atoms with E-state index in [1.165, 1.54) is 89.9 Å². The molecule has 0 radical (unpaired) electrons. The van der Waals surface area contributed by atoms with Crippen LogP contribution in [0.1, 0.15) is 213 Å². The van der Waals surface area contributed by atoms with Crippen molar-refractivity contribution in [1.29, 1.82) is 0 Å². The Morgan fingerprint density at radius 3 is 1.41 bits per heavy atom. The van der Waals surface area contributed by atoms with Gasteiger partial charge in [-0.2, -0.15) is 0 Å². The van der Waals surface area contributed by atoms with Crippen molar-refractivity contribution in [2.45, 2.75) is 219 Å². The van der Waals surface area contributed by atoms with Crippen molar-refractivity contribution in [2.75, 3.05) is 19.8 Å². The van der Waals surface area contributed by atoms with Crippen LogP contribution in [0.15, 0.2) is 60.8 Å². The first-order valence-corrected chi connectivity index (χ1v) is 22.8. The van der Waals surface area contributed by atoms with Gasteiger partial charge in [-0.25, -0.2) is 0 Å². The molecule has 5 heteroatoms. The minimum Gasteiger partial charge on any atom is -0.462 e. The lowest BCUT2D eigenvalue weighted by molar-refractivity contribution is -0.163. The third-order valence-corrected chi connectivity index (χ3v) is 9.52. The average molecular weight is 755 g/mol. The van der Waals surface area contributed by atoms with Crippen LogP contribution in [0, 0.1) is 0 Å². The molecule has 0 amide bonds. The molecule has 1 atom stereocenters. The maximum Gasteiger partial charge on any atom is 0.306 e. The highest BCUT2D eigenvalue weighted by molar-refractivity contribution is 5.70. The van der Waals surface area contributed by atoms with Crippen molar-refractivity contribution >= 4 is 11.9 Å². The van der Waals surface area contributed by atoms with Gasteiger partial charge in [0.15, 0.2) is 6.10 Å². The fourth-order valence-corrected chi connectivity index (χ4v) is 6.15. The van der Waals surface area contributed by atoms with Crippen LogP contribution in [0.4, 0.5) is 0 Å². The lowest BCUT2D eigenvalue weighted by atomic mass is 10.1. The second kappa shape index (κ2) is 45.0. The van der Waals surface area contributed by atoms with Crippen LogP contribution in [0.2, 0.25) is 0 Å². The second-order valence-electron chi connectivity index (χ2n) is 14.9. The van der Waals surface area contributed by atoms with E-state index in [2.05, 4.69) is 81.5 Å². The van der Waals surface area contributed by atoms with Crippen LogP contribution < -0.4 is 0 Å². The lowest BCUT2D eigenvalue weighted by Crippen LogP contribution is -2.30. The molecule has 54 heavy (non-hydrogen) atoms. The van der Waals surface area contributed by atoms with Crippen molar-refractivity contribution < 1.29 is 23.8 Å². The zero-order valence-corrected chi connectivity index (χ0v) is 35.7. The van der Waals surface area contributed by atoms with E-state index in [0.717, 1.165) is 89.9 Å². The molecule has 0 N–H and O–H groups in total. The molecule has 0 aliphatic heterocycles. The summed E-state index contributed by atoms with van der Waals surface area (Å²) in [7, 11) is 0. The lowest BCUT2D eigenvalue weighted by Gasteiger charge is -2.18. The summed E-state index contributed by atoms with van der Waals surface area (Å²) in [6.07, 6.45) is 55.0. The molecule has 5 nitrogen and oxygen atoms in total. The Morgan fingerprint density at radius 1 is 0.426 bits per heavy atom. The number of esters is 2. The number of rotatable bonds is 41. The van der Waals surface area contributed by atoms with Crippen molar-refractivity contribution in [2.24, 2.45) is 0 Å². The van der Waals surface area contributed by atoms with Crippen LogP contribution in [0.5, 0.6) is 0 Å². The van der Waals surface area contributed by atoms with Crippen LogP contribution in [-0.2, 0) is 23.8 Å². The van der Waals surface area contributed by atoms with E-state index in [9.17, 15) is 9.59 Å². The fourth-order valence-electron chi connectivity index (χ4n) is 6.15. The van der Waals surface area contributed by atoms with Gasteiger partial charge >= 0.3 is 11.9 Å². The highest BCUT2D eigenvalue weighted by atomic mass is 16.6.